The number of hydrogen-bond donors (Lipinski definition) is 1. The summed E-state index contributed by atoms with van der Waals surface area (Å²) in [5.41, 5.74) is 0.382. The predicted molar refractivity (Wildman–Crippen MR) is 91.8 cm³/mol. The number of hydrogen-bond acceptors (Lipinski definition) is 4. The summed E-state index contributed by atoms with van der Waals surface area (Å²) in [7, 11) is 0. The lowest BCUT2D eigenvalue weighted by Crippen LogP contribution is -2.26. The number of halogens is 2. The molecule has 0 unspecified atom stereocenters. The van der Waals surface area contributed by atoms with Crippen molar-refractivity contribution in [1.29, 1.82) is 0 Å². The minimum Gasteiger partial charge on any atom is -0.356 e. The molecule has 0 saturated carbocycles. The van der Waals surface area contributed by atoms with Gasteiger partial charge in [0.05, 0.1) is 0 Å². The Labute approximate surface area is 145 Å². The molecule has 0 spiro atoms. The van der Waals surface area contributed by atoms with Crippen LogP contribution in [0, 0.1) is 18.6 Å². The first-order valence-electron chi connectivity index (χ1n) is 8.40. The molecule has 1 aliphatic rings. The molecule has 1 fully saturated rings. The molecule has 132 valence electrons. The number of carbonyl (C=O) groups is 1. The number of nitrogens with one attached hydrogen (secondary N) is 1. The van der Waals surface area contributed by atoms with Crippen LogP contribution in [0.3, 0.4) is 0 Å². The van der Waals surface area contributed by atoms with Crippen molar-refractivity contribution in [3.63, 3.8) is 0 Å². The van der Waals surface area contributed by atoms with Gasteiger partial charge in [-0.3, -0.25) is 4.79 Å². The Morgan fingerprint density at radius 3 is 2.44 bits per heavy atom. The molecule has 7 heteroatoms. The first-order valence-corrected chi connectivity index (χ1v) is 8.40. The molecule has 0 bridgehead atoms. The quantitative estimate of drug-likeness (QED) is 0.921. The van der Waals surface area contributed by atoms with E-state index in [2.05, 4.69) is 20.2 Å². The molecule has 5 nitrogen and oxygen atoms in total. The Kier molecular flexibility index (Phi) is 5.21. The second-order valence-electron chi connectivity index (χ2n) is 6.14. The summed E-state index contributed by atoms with van der Waals surface area (Å²) in [4.78, 5) is 23.2. The maximum Gasteiger partial charge on any atom is 0.274 e. The number of anilines is 2. The van der Waals surface area contributed by atoms with Crippen LogP contribution in [0.5, 0.6) is 0 Å². The molecule has 1 saturated heterocycles. The van der Waals surface area contributed by atoms with Gasteiger partial charge in [0.15, 0.2) is 11.6 Å². The predicted octanol–water partition coefficient (Wildman–Crippen LogP) is 3.70. The van der Waals surface area contributed by atoms with Crippen molar-refractivity contribution in [3.05, 3.63) is 47.4 Å². The standard InChI is InChI=1S/C18H20F2N4O/c1-12-21-16(11-17(22-12)24-8-4-2-3-5-9-24)18(25)23-13-6-7-14(19)15(20)10-13/h6-7,10-11H,2-5,8-9H2,1H3,(H,23,25). The van der Waals surface area contributed by atoms with Gasteiger partial charge in [-0.25, -0.2) is 18.7 Å². The molecule has 0 radical (unpaired) electrons. The summed E-state index contributed by atoms with van der Waals surface area (Å²) >= 11 is 0. The largest absolute Gasteiger partial charge is 0.356 e. The molecular weight excluding hydrogens is 326 g/mol. The zero-order valence-corrected chi connectivity index (χ0v) is 14.1. The fourth-order valence-corrected chi connectivity index (χ4v) is 2.90. The van der Waals surface area contributed by atoms with Crippen LogP contribution in [0.2, 0.25) is 0 Å². The van der Waals surface area contributed by atoms with Crippen LogP contribution in [0.4, 0.5) is 20.3 Å². The van der Waals surface area contributed by atoms with Crippen molar-refractivity contribution in [2.45, 2.75) is 32.6 Å². The zero-order valence-electron chi connectivity index (χ0n) is 14.1. The molecular formula is C18H20F2N4O. The van der Waals surface area contributed by atoms with Crippen molar-refractivity contribution in [1.82, 2.24) is 9.97 Å². The molecule has 1 aromatic carbocycles. The zero-order chi connectivity index (χ0) is 17.8. The van der Waals surface area contributed by atoms with Gasteiger partial charge >= 0.3 is 0 Å². The highest BCUT2D eigenvalue weighted by molar-refractivity contribution is 6.03. The van der Waals surface area contributed by atoms with Crippen LogP contribution in [0.15, 0.2) is 24.3 Å². The van der Waals surface area contributed by atoms with Gasteiger partial charge < -0.3 is 10.2 Å². The second-order valence-corrected chi connectivity index (χ2v) is 6.14. The van der Waals surface area contributed by atoms with Gasteiger partial charge in [0.2, 0.25) is 0 Å². The van der Waals surface area contributed by atoms with Crippen LogP contribution in [-0.2, 0) is 0 Å². The maximum atomic E-state index is 13.3. The van der Waals surface area contributed by atoms with Crippen LogP contribution in [0.1, 0.15) is 42.0 Å². The summed E-state index contributed by atoms with van der Waals surface area (Å²) in [6, 6.07) is 4.86. The molecule has 2 heterocycles. The van der Waals surface area contributed by atoms with Gasteiger partial charge in [-0.2, -0.15) is 0 Å². The van der Waals surface area contributed by atoms with Crippen molar-refractivity contribution in [2.75, 3.05) is 23.3 Å². The molecule has 2 aromatic rings. The van der Waals surface area contributed by atoms with Crippen molar-refractivity contribution >= 4 is 17.4 Å². The monoisotopic (exact) mass is 346 g/mol. The van der Waals surface area contributed by atoms with Crippen LogP contribution < -0.4 is 10.2 Å². The fourth-order valence-electron chi connectivity index (χ4n) is 2.90. The molecule has 3 rings (SSSR count). The van der Waals surface area contributed by atoms with Crippen LogP contribution >= 0.6 is 0 Å². The number of aromatic nitrogens is 2. The van der Waals surface area contributed by atoms with E-state index in [4.69, 9.17) is 0 Å². The van der Waals surface area contributed by atoms with E-state index in [1.807, 2.05) is 0 Å². The Bertz CT molecular complexity index is 774. The maximum absolute atomic E-state index is 13.3. The average Bonchev–Trinajstić information content (AvgIpc) is 2.87. The summed E-state index contributed by atoms with van der Waals surface area (Å²) in [6.45, 7) is 3.54. The minimum absolute atomic E-state index is 0.177. The SMILES string of the molecule is Cc1nc(C(=O)Nc2ccc(F)c(F)c2)cc(N2CCCCCC2)n1. The third kappa shape index (κ3) is 4.29. The Balaban J connectivity index is 1.80. The van der Waals surface area contributed by atoms with E-state index in [9.17, 15) is 13.6 Å². The van der Waals surface area contributed by atoms with Gasteiger partial charge in [0.1, 0.15) is 17.3 Å². The minimum atomic E-state index is -1.01. The Hall–Kier alpha value is -2.57. The normalized spacial score (nSPS) is 14.9. The van der Waals surface area contributed by atoms with E-state index in [-0.39, 0.29) is 11.4 Å². The van der Waals surface area contributed by atoms with Gasteiger partial charge in [-0.05, 0) is 31.9 Å². The number of aryl methyl sites for hydroxylation is 1. The topological polar surface area (TPSA) is 58.1 Å². The second kappa shape index (κ2) is 7.55. The Morgan fingerprint density at radius 1 is 1.04 bits per heavy atom. The van der Waals surface area contributed by atoms with E-state index in [0.29, 0.717) is 5.82 Å². The fraction of sp³-hybridized carbons (Fsp3) is 0.389. The number of amides is 1. The van der Waals surface area contributed by atoms with Crippen molar-refractivity contribution in [3.8, 4) is 0 Å². The first kappa shape index (κ1) is 17.3. The molecule has 0 aliphatic carbocycles. The van der Waals surface area contributed by atoms with E-state index in [0.717, 1.165) is 43.9 Å². The molecule has 25 heavy (non-hydrogen) atoms. The number of rotatable bonds is 3. The summed E-state index contributed by atoms with van der Waals surface area (Å²) in [5, 5.41) is 2.54. The van der Waals surface area contributed by atoms with Gasteiger partial charge in [-0.15, -0.1) is 0 Å². The Morgan fingerprint density at radius 2 is 1.76 bits per heavy atom. The van der Waals surface area contributed by atoms with Gasteiger partial charge in [0.25, 0.3) is 5.91 Å². The lowest BCUT2D eigenvalue weighted by Gasteiger charge is -2.22. The van der Waals surface area contributed by atoms with Crippen molar-refractivity contribution in [2.24, 2.45) is 0 Å². The van der Waals surface area contributed by atoms with Gasteiger partial charge in [0, 0.05) is 30.9 Å². The van der Waals surface area contributed by atoms with E-state index in [1.54, 1.807) is 13.0 Å². The average molecular weight is 346 g/mol. The van der Waals surface area contributed by atoms with Gasteiger partial charge in [-0.1, -0.05) is 12.8 Å². The molecule has 1 amide bonds. The lowest BCUT2D eigenvalue weighted by atomic mass is 10.2. The smallest absolute Gasteiger partial charge is 0.274 e. The summed E-state index contributed by atoms with van der Waals surface area (Å²) in [6.07, 6.45) is 4.59. The summed E-state index contributed by atoms with van der Waals surface area (Å²) in [5.74, 6) is -1.23. The number of carbonyl (C=O) groups excluding carboxylic acids is 1. The van der Waals surface area contributed by atoms with Crippen molar-refractivity contribution < 1.29 is 13.6 Å². The van der Waals surface area contributed by atoms with Crippen LogP contribution in [-0.4, -0.2) is 29.0 Å². The molecule has 1 aromatic heterocycles. The van der Waals surface area contributed by atoms with E-state index < -0.39 is 17.5 Å². The number of nitrogens with zero attached hydrogens (tertiary/aromatic N) is 3. The van der Waals surface area contributed by atoms with E-state index >= 15 is 0 Å². The highest BCUT2D eigenvalue weighted by Gasteiger charge is 2.16. The highest BCUT2D eigenvalue weighted by Crippen LogP contribution is 2.19. The summed E-state index contributed by atoms with van der Waals surface area (Å²) < 4.78 is 26.3. The third-order valence-electron chi connectivity index (χ3n) is 4.16. The molecule has 0 atom stereocenters. The molecule has 1 aliphatic heterocycles. The first-order chi connectivity index (χ1) is 12.0. The lowest BCUT2D eigenvalue weighted by molar-refractivity contribution is 0.102. The highest BCUT2D eigenvalue weighted by atomic mass is 19.2. The van der Waals surface area contributed by atoms with E-state index in [1.165, 1.54) is 18.9 Å². The van der Waals surface area contributed by atoms with Crippen LogP contribution in [0.25, 0.3) is 0 Å². The third-order valence-corrected chi connectivity index (χ3v) is 4.16. The molecule has 1 N–H and O–H groups in total. The number of benzene rings is 1.